The Kier molecular flexibility index (Phi) is 22.2. The third-order valence-electron chi connectivity index (χ3n) is 11.6. The first-order chi connectivity index (χ1) is 32.1. The SMILES string of the molecule is CC(/C=C/C=C(\C)C(=O)O[C@@H]1O[C@H](CO[C@@H]2O[C@H](CO)[C@@H](O)[C@H](O)[C@H]2O)[C@@H](O)[C@H](C)[C@H]1O)=C\C=C\C=C(C)\C=C\C=C(/C)C(=O)O[C@@H]1O[C@H](CO[C@@H]2O[C@H](CO)[C@@H](O)[C@H](O)[C@H]2O)[C@@H](O)[C@H](O)[C@H]1O. The highest BCUT2D eigenvalue weighted by Crippen LogP contribution is 2.30. The van der Waals surface area contributed by atoms with Crippen LogP contribution in [-0.2, 0) is 47.5 Å². The summed E-state index contributed by atoms with van der Waals surface area (Å²) >= 11 is 0. The van der Waals surface area contributed by atoms with Crippen LogP contribution in [0.5, 0.6) is 0 Å². The molecule has 0 aromatic carbocycles. The maximum absolute atomic E-state index is 12.9. The van der Waals surface area contributed by atoms with Crippen molar-refractivity contribution in [3.8, 4) is 0 Å². The van der Waals surface area contributed by atoms with Crippen molar-refractivity contribution in [3.63, 3.8) is 0 Å². The van der Waals surface area contributed by atoms with Crippen molar-refractivity contribution in [2.75, 3.05) is 26.4 Å². The van der Waals surface area contributed by atoms with Crippen LogP contribution in [0.15, 0.2) is 83.1 Å². The molecule has 20 atom stereocenters. The Bertz CT molecular complexity index is 1730. The first-order valence-electron chi connectivity index (χ1n) is 21.8. The van der Waals surface area contributed by atoms with Crippen LogP contribution in [0.1, 0.15) is 34.6 Å². The Hall–Kier alpha value is -3.64. The number of aliphatic hydroxyl groups is 13. The normalized spacial score (nSPS) is 40.3. The topological polar surface area (TPSA) is 371 Å². The lowest BCUT2D eigenvalue weighted by Gasteiger charge is -2.43. The largest absolute Gasteiger partial charge is 0.429 e. The maximum Gasteiger partial charge on any atom is 0.336 e. The molecule has 0 unspecified atom stereocenters. The maximum atomic E-state index is 12.9. The number of carbonyl (C=O) groups is 2. The van der Waals surface area contributed by atoms with E-state index >= 15 is 0 Å². The molecular weight excluding hydrogens is 908 g/mol. The Morgan fingerprint density at radius 1 is 0.426 bits per heavy atom. The number of aliphatic hydroxyl groups excluding tert-OH is 13. The average Bonchev–Trinajstić information content (AvgIpc) is 3.31. The molecule has 0 spiro atoms. The fourth-order valence-electron chi connectivity index (χ4n) is 7.05. The van der Waals surface area contributed by atoms with E-state index in [1.54, 1.807) is 55.5 Å². The Morgan fingerprint density at radius 2 is 0.765 bits per heavy atom. The predicted octanol–water partition coefficient (Wildman–Crippen LogP) is -3.95. The Labute approximate surface area is 392 Å². The summed E-state index contributed by atoms with van der Waals surface area (Å²) in [6.45, 7) is 5.63. The summed E-state index contributed by atoms with van der Waals surface area (Å²) in [5.74, 6) is -2.59. The van der Waals surface area contributed by atoms with E-state index in [0.29, 0.717) is 0 Å². The van der Waals surface area contributed by atoms with Gasteiger partial charge in [-0.2, -0.15) is 0 Å². The second kappa shape index (κ2) is 26.5. The fourth-order valence-corrected chi connectivity index (χ4v) is 7.05. The second-order valence-corrected chi connectivity index (χ2v) is 16.9. The highest BCUT2D eigenvalue weighted by molar-refractivity contribution is 5.88. The quantitative estimate of drug-likeness (QED) is 0.0354. The minimum Gasteiger partial charge on any atom is -0.429 e. The van der Waals surface area contributed by atoms with Crippen LogP contribution >= 0.6 is 0 Å². The third-order valence-corrected chi connectivity index (χ3v) is 11.6. The number of hydrogen-bond donors (Lipinski definition) is 13. The molecule has 0 aromatic heterocycles. The third kappa shape index (κ3) is 14.9. The monoisotopic (exact) mass is 974 g/mol. The van der Waals surface area contributed by atoms with Crippen molar-refractivity contribution >= 4 is 11.9 Å². The molecule has 4 heterocycles. The van der Waals surface area contributed by atoms with Crippen molar-refractivity contribution in [2.24, 2.45) is 5.92 Å². The molecule has 0 amide bonds. The number of hydrogen-bond acceptors (Lipinski definition) is 23. The van der Waals surface area contributed by atoms with E-state index in [-0.39, 0.29) is 11.1 Å². The summed E-state index contributed by atoms with van der Waals surface area (Å²) in [7, 11) is 0. The van der Waals surface area contributed by atoms with Crippen LogP contribution in [0.3, 0.4) is 0 Å². The molecule has 23 heteroatoms. The second-order valence-electron chi connectivity index (χ2n) is 16.9. The van der Waals surface area contributed by atoms with Gasteiger partial charge in [-0.15, -0.1) is 0 Å². The molecule has 4 aliphatic heterocycles. The summed E-state index contributed by atoms with van der Waals surface area (Å²) in [4.78, 5) is 25.7. The minimum absolute atomic E-state index is 0.0826. The van der Waals surface area contributed by atoms with Gasteiger partial charge in [0.05, 0.1) is 32.5 Å². The zero-order chi connectivity index (χ0) is 50.6. The summed E-state index contributed by atoms with van der Waals surface area (Å²) < 4.78 is 43.2. The van der Waals surface area contributed by atoms with Gasteiger partial charge in [-0.3, -0.25) is 0 Å². The molecule has 68 heavy (non-hydrogen) atoms. The molecular formula is C45H66O23. The molecule has 4 aliphatic rings. The van der Waals surface area contributed by atoms with Gasteiger partial charge in [-0.1, -0.05) is 78.8 Å². The van der Waals surface area contributed by atoms with Gasteiger partial charge in [0.25, 0.3) is 0 Å². The van der Waals surface area contributed by atoms with E-state index in [1.165, 1.54) is 32.9 Å². The summed E-state index contributed by atoms with van der Waals surface area (Å²) in [5, 5.41) is 132. The highest BCUT2D eigenvalue weighted by atomic mass is 16.8. The van der Waals surface area contributed by atoms with Gasteiger partial charge in [0.2, 0.25) is 12.6 Å². The zero-order valence-electron chi connectivity index (χ0n) is 38.0. The van der Waals surface area contributed by atoms with Gasteiger partial charge < -0.3 is 104 Å². The van der Waals surface area contributed by atoms with E-state index in [1.807, 2.05) is 6.92 Å². The van der Waals surface area contributed by atoms with E-state index in [4.69, 9.17) is 37.9 Å². The first-order valence-corrected chi connectivity index (χ1v) is 21.8. The average molecular weight is 975 g/mol. The lowest BCUT2D eigenvalue weighted by molar-refractivity contribution is -0.326. The van der Waals surface area contributed by atoms with E-state index in [9.17, 15) is 76.0 Å². The van der Waals surface area contributed by atoms with Gasteiger partial charge in [-0.25, -0.2) is 9.59 Å². The van der Waals surface area contributed by atoms with Crippen molar-refractivity contribution in [1.29, 1.82) is 0 Å². The van der Waals surface area contributed by atoms with Crippen LogP contribution < -0.4 is 0 Å². The lowest BCUT2D eigenvalue weighted by Crippen LogP contribution is -2.61. The molecule has 0 aromatic rings. The minimum atomic E-state index is -1.85. The smallest absolute Gasteiger partial charge is 0.336 e. The van der Waals surface area contributed by atoms with Gasteiger partial charge >= 0.3 is 11.9 Å². The van der Waals surface area contributed by atoms with Gasteiger partial charge in [0.1, 0.15) is 85.5 Å². The molecule has 23 nitrogen and oxygen atoms in total. The van der Waals surface area contributed by atoms with Crippen molar-refractivity contribution in [1.82, 2.24) is 0 Å². The van der Waals surface area contributed by atoms with E-state index in [2.05, 4.69) is 0 Å². The number of ether oxygens (including phenoxy) is 8. The molecule has 0 bridgehead atoms. The van der Waals surface area contributed by atoms with Crippen LogP contribution in [-0.4, -0.2) is 221 Å². The number of carbonyl (C=O) groups excluding carboxylic acids is 2. The standard InChI is InChI=1S/C45H66O23/c1-20(12-8-14-22(3)40(59)67-44-30(49)24(5)29(48)27(65-44)18-61-42-37(56)34(53)31(50)25(16-46)63-42)10-6-7-11-21(2)13-9-15-23(4)41(60)68-45-39(58)36(55)33(52)28(66-45)19-62-43-38(57)35(54)32(51)26(17-47)64-43/h6-15,24-39,42-58H,16-19H2,1-5H3/b7-6+,12-8+,13-9+,20-10+,21-11+,22-14+,23-15+/t24-,25+,26+,27+,28+,29-,30+,31+,32+,33+,34-,35-,36-,37+,38+,39+,42+,43+,44-,45-/m0/s1. The van der Waals surface area contributed by atoms with Gasteiger partial charge in [0.15, 0.2) is 12.6 Å². The zero-order valence-corrected chi connectivity index (χ0v) is 38.0. The lowest BCUT2D eigenvalue weighted by atomic mass is 9.91. The molecule has 4 rings (SSSR count). The Morgan fingerprint density at radius 3 is 1.16 bits per heavy atom. The first kappa shape index (κ1) is 56.9. The molecule has 0 radical (unpaired) electrons. The molecule has 4 saturated heterocycles. The van der Waals surface area contributed by atoms with E-state index < -0.39 is 161 Å². The Balaban J connectivity index is 1.23. The van der Waals surface area contributed by atoms with Gasteiger partial charge in [0, 0.05) is 17.1 Å². The molecule has 4 fully saturated rings. The van der Waals surface area contributed by atoms with E-state index in [0.717, 1.165) is 11.1 Å². The van der Waals surface area contributed by atoms with Crippen LogP contribution in [0, 0.1) is 5.92 Å². The van der Waals surface area contributed by atoms with Crippen LogP contribution in [0.25, 0.3) is 0 Å². The van der Waals surface area contributed by atoms with Gasteiger partial charge in [-0.05, 0) is 27.7 Å². The number of rotatable bonds is 18. The summed E-state index contributed by atoms with van der Waals surface area (Å²) in [6.07, 6.45) is -13.0. The number of esters is 2. The van der Waals surface area contributed by atoms with Crippen molar-refractivity contribution in [2.45, 2.75) is 151 Å². The van der Waals surface area contributed by atoms with Crippen LogP contribution in [0.2, 0.25) is 0 Å². The fraction of sp³-hybridized carbons (Fsp3) is 0.644. The highest BCUT2D eigenvalue weighted by Gasteiger charge is 2.50. The molecule has 0 saturated carbocycles. The molecule has 384 valence electrons. The number of allylic oxidation sites excluding steroid dienone is 12. The van der Waals surface area contributed by atoms with Crippen molar-refractivity contribution < 1.29 is 114 Å². The summed E-state index contributed by atoms with van der Waals surface area (Å²) in [5.41, 5.74) is 1.82. The van der Waals surface area contributed by atoms with Crippen molar-refractivity contribution in [3.05, 3.63) is 83.1 Å². The van der Waals surface area contributed by atoms with Crippen LogP contribution in [0.4, 0.5) is 0 Å². The molecule has 13 N–H and O–H groups in total. The predicted molar refractivity (Wildman–Crippen MR) is 231 cm³/mol. The molecule has 0 aliphatic carbocycles. The summed E-state index contributed by atoms with van der Waals surface area (Å²) in [6, 6.07) is 0.